The largest absolute Gasteiger partial charge is 0.508 e. The van der Waals surface area contributed by atoms with Crippen LogP contribution in [-0.4, -0.2) is 30.8 Å². The van der Waals surface area contributed by atoms with Gasteiger partial charge in [-0.3, -0.25) is 4.79 Å². The van der Waals surface area contributed by atoms with Gasteiger partial charge in [0, 0.05) is 19.2 Å². The Hall–Kier alpha value is -1.55. The number of nitrogens with zero attached hydrogens (tertiary/aromatic N) is 1. The number of amides is 1. The average Bonchev–Trinajstić information content (AvgIpc) is 2.39. The van der Waals surface area contributed by atoms with Gasteiger partial charge < -0.3 is 14.7 Å². The molecule has 0 unspecified atom stereocenters. The predicted molar refractivity (Wildman–Crippen MR) is 76.6 cm³/mol. The number of aromatic hydroxyl groups is 1. The fourth-order valence-electron chi connectivity index (χ4n) is 1.91. The Morgan fingerprint density at radius 3 is 2.68 bits per heavy atom. The number of carbonyl (C=O) groups is 1. The molecule has 1 rings (SSSR count). The number of rotatable bonds is 7. The summed E-state index contributed by atoms with van der Waals surface area (Å²) in [6.07, 6.45) is 1.32. The fraction of sp³-hybridized carbons (Fsp3) is 0.533. The number of hydrogen-bond acceptors (Lipinski definition) is 3. The second-order valence-corrected chi connectivity index (χ2v) is 4.47. The van der Waals surface area contributed by atoms with Gasteiger partial charge in [-0.05, 0) is 31.9 Å². The molecule has 0 saturated heterocycles. The molecule has 1 aromatic rings. The van der Waals surface area contributed by atoms with Gasteiger partial charge in [0.25, 0.3) is 0 Å². The third-order valence-electron chi connectivity index (χ3n) is 2.91. The molecule has 0 saturated carbocycles. The van der Waals surface area contributed by atoms with Crippen molar-refractivity contribution in [3.63, 3.8) is 0 Å². The summed E-state index contributed by atoms with van der Waals surface area (Å²) >= 11 is 0. The van der Waals surface area contributed by atoms with E-state index in [2.05, 4.69) is 0 Å². The molecular formula is C15H23NO3. The lowest BCUT2D eigenvalue weighted by Gasteiger charge is -2.23. The van der Waals surface area contributed by atoms with E-state index in [0.29, 0.717) is 26.2 Å². The number of aryl methyl sites for hydroxylation is 1. The normalized spacial score (nSPS) is 10.5. The Morgan fingerprint density at radius 2 is 2.05 bits per heavy atom. The van der Waals surface area contributed by atoms with Crippen LogP contribution < -0.4 is 4.90 Å². The fourth-order valence-corrected chi connectivity index (χ4v) is 1.91. The number of benzene rings is 1. The first kappa shape index (κ1) is 15.5. The molecule has 19 heavy (non-hydrogen) atoms. The molecule has 4 heteroatoms. The molecule has 0 aliphatic carbocycles. The van der Waals surface area contributed by atoms with Crippen molar-refractivity contribution in [2.45, 2.75) is 33.6 Å². The van der Waals surface area contributed by atoms with Gasteiger partial charge in [-0.1, -0.05) is 13.0 Å². The number of ether oxygens (including phenoxy) is 1. The van der Waals surface area contributed by atoms with E-state index in [9.17, 15) is 9.90 Å². The molecule has 0 spiro atoms. The summed E-state index contributed by atoms with van der Waals surface area (Å²) in [7, 11) is 0. The maximum Gasteiger partial charge on any atom is 0.229 e. The van der Waals surface area contributed by atoms with Gasteiger partial charge in [-0.25, -0.2) is 0 Å². The topological polar surface area (TPSA) is 49.8 Å². The molecule has 0 aliphatic rings. The van der Waals surface area contributed by atoms with Crippen LogP contribution in [0, 0.1) is 6.92 Å². The Kier molecular flexibility index (Phi) is 6.36. The van der Waals surface area contributed by atoms with E-state index in [0.717, 1.165) is 17.7 Å². The van der Waals surface area contributed by atoms with E-state index >= 15 is 0 Å². The summed E-state index contributed by atoms with van der Waals surface area (Å²) in [6.45, 7) is 7.60. The summed E-state index contributed by atoms with van der Waals surface area (Å²) in [6, 6.07) is 5.07. The summed E-state index contributed by atoms with van der Waals surface area (Å²) in [5.41, 5.74) is 1.74. The summed E-state index contributed by atoms with van der Waals surface area (Å²) in [5, 5.41) is 9.55. The van der Waals surface area contributed by atoms with Crippen molar-refractivity contribution in [3.05, 3.63) is 23.8 Å². The summed E-state index contributed by atoms with van der Waals surface area (Å²) in [5.74, 6) is 0.196. The second-order valence-electron chi connectivity index (χ2n) is 4.47. The molecule has 0 atom stereocenters. The van der Waals surface area contributed by atoms with Crippen molar-refractivity contribution in [1.29, 1.82) is 0 Å². The van der Waals surface area contributed by atoms with Crippen LogP contribution in [0.5, 0.6) is 5.75 Å². The van der Waals surface area contributed by atoms with Crippen LogP contribution in [-0.2, 0) is 9.53 Å². The number of carbonyl (C=O) groups excluding carboxylic acids is 1. The molecule has 1 N–H and O–H groups in total. The van der Waals surface area contributed by atoms with Crippen molar-refractivity contribution in [2.75, 3.05) is 24.7 Å². The van der Waals surface area contributed by atoms with Gasteiger partial charge in [0.05, 0.1) is 18.7 Å². The maximum atomic E-state index is 12.2. The van der Waals surface area contributed by atoms with Crippen LogP contribution >= 0.6 is 0 Å². The maximum absolute atomic E-state index is 12.2. The zero-order valence-electron chi connectivity index (χ0n) is 12.0. The predicted octanol–water partition coefficient (Wildman–Crippen LogP) is 2.87. The lowest BCUT2D eigenvalue weighted by atomic mass is 10.1. The first-order chi connectivity index (χ1) is 9.10. The summed E-state index contributed by atoms with van der Waals surface area (Å²) < 4.78 is 5.34. The van der Waals surface area contributed by atoms with Gasteiger partial charge in [-0.15, -0.1) is 0 Å². The van der Waals surface area contributed by atoms with Gasteiger partial charge in [0.1, 0.15) is 5.75 Å². The molecule has 0 fully saturated rings. The van der Waals surface area contributed by atoms with Crippen LogP contribution in [0.1, 0.15) is 32.3 Å². The molecule has 0 aromatic heterocycles. The van der Waals surface area contributed by atoms with E-state index in [4.69, 9.17) is 4.74 Å². The molecule has 106 valence electrons. The van der Waals surface area contributed by atoms with Crippen molar-refractivity contribution in [3.8, 4) is 5.75 Å². The monoisotopic (exact) mass is 265 g/mol. The zero-order chi connectivity index (χ0) is 14.3. The number of phenolic OH excluding ortho intramolecular Hbond substituents is 1. The van der Waals surface area contributed by atoms with Crippen LogP contribution in [0.2, 0.25) is 0 Å². The zero-order valence-corrected chi connectivity index (χ0v) is 12.0. The van der Waals surface area contributed by atoms with E-state index in [1.54, 1.807) is 17.0 Å². The van der Waals surface area contributed by atoms with Gasteiger partial charge in [0.2, 0.25) is 5.91 Å². The third-order valence-corrected chi connectivity index (χ3v) is 2.91. The molecule has 4 nitrogen and oxygen atoms in total. The Labute approximate surface area is 115 Å². The smallest absolute Gasteiger partial charge is 0.229 e. The molecule has 1 aromatic carbocycles. The number of hydrogen-bond donors (Lipinski definition) is 1. The SMILES string of the molecule is CCCOCCC(=O)N(CC)c1cc(O)ccc1C. The standard InChI is InChI=1S/C15H23NO3/c1-4-9-19-10-8-15(18)16(5-2)14-11-13(17)7-6-12(14)3/h6-7,11,17H,4-5,8-10H2,1-3H3. The Bertz CT molecular complexity index is 418. The highest BCUT2D eigenvalue weighted by Crippen LogP contribution is 2.25. The number of anilines is 1. The highest BCUT2D eigenvalue weighted by atomic mass is 16.5. The molecule has 0 bridgehead atoms. The number of phenols is 1. The lowest BCUT2D eigenvalue weighted by molar-refractivity contribution is -0.119. The van der Waals surface area contributed by atoms with Gasteiger partial charge in [-0.2, -0.15) is 0 Å². The van der Waals surface area contributed by atoms with Gasteiger partial charge in [0.15, 0.2) is 0 Å². The average molecular weight is 265 g/mol. The van der Waals surface area contributed by atoms with Crippen molar-refractivity contribution in [2.24, 2.45) is 0 Å². The van der Waals surface area contributed by atoms with E-state index < -0.39 is 0 Å². The third kappa shape index (κ3) is 4.56. The van der Waals surface area contributed by atoms with Crippen LogP contribution in [0.3, 0.4) is 0 Å². The minimum absolute atomic E-state index is 0.0207. The van der Waals surface area contributed by atoms with Gasteiger partial charge >= 0.3 is 0 Å². The molecular weight excluding hydrogens is 242 g/mol. The van der Waals surface area contributed by atoms with Crippen molar-refractivity contribution >= 4 is 11.6 Å². The minimum atomic E-state index is 0.0207. The highest BCUT2D eigenvalue weighted by molar-refractivity contribution is 5.94. The quantitative estimate of drug-likeness (QED) is 0.771. The van der Waals surface area contributed by atoms with Crippen molar-refractivity contribution in [1.82, 2.24) is 0 Å². The minimum Gasteiger partial charge on any atom is -0.508 e. The second kappa shape index (κ2) is 7.79. The highest BCUT2D eigenvalue weighted by Gasteiger charge is 2.16. The first-order valence-electron chi connectivity index (χ1n) is 6.77. The molecule has 1 amide bonds. The van der Waals surface area contributed by atoms with E-state index in [-0.39, 0.29) is 11.7 Å². The van der Waals surface area contributed by atoms with E-state index in [1.165, 1.54) is 0 Å². The van der Waals surface area contributed by atoms with Crippen molar-refractivity contribution < 1.29 is 14.6 Å². The Morgan fingerprint density at radius 1 is 1.32 bits per heavy atom. The molecule has 0 radical (unpaired) electrons. The van der Waals surface area contributed by atoms with Crippen LogP contribution in [0.25, 0.3) is 0 Å². The molecule has 0 aliphatic heterocycles. The first-order valence-corrected chi connectivity index (χ1v) is 6.77. The summed E-state index contributed by atoms with van der Waals surface area (Å²) in [4.78, 5) is 13.9. The lowest BCUT2D eigenvalue weighted by Crippen LogP contribution is -2.31. The van der Waals surface area contributed by atoms with Crippen LogP contribution in [0.4, 0.5) is 5.69 Å². The van der Waals surface area contributed by atoms with E-state index in [1.807, 2.05) is 26.8 Å². The van der Waals surface area contributed by atoms with Crippen LogP contribution in [0.15, 0.2) is 18.2 Å². The molecule has 0 heterocycles. The Balaban J connectivity index is 2.71.